The summed E-state index contributed by atoms with van der Waals surface area (Å²) >= 11 is 0. The smallest absolute Gasteiger partial charge is 0.244 e. The van der Waals surface area contributed by atoms with Crippen molar-refractivity contribution < 1.29 is 13.2 Å². The summed E-state index contributed by atoms with van der Waals surface area (Å²) < 4.78 is 32.5. The molecule has 1 aromatic heterocycles. The molecule has 1 unspecified atom stereocenters. The number of anilines is 1. The average Bonchev–Trinajstić information content (AvgIpc) is 2.46. The van der Waals surface area contributed by atoms with Gasteiger partial charge < -0.3 is 10.1 Å². The van der Waals surface area contributed by atoms with Gasteiger partial charge in [-0.05, 0) is 31.4 Å². The molecule has 0 saturated carbocycles. The highest BCUT2D eigenvalue weighted by Crippen LogP contribution is 2.18. The molecule has 106 valence electrons. The largest absolute Gasteiger partial charge is 0.377 e. The fourth-order valence-corrected chi connectivity index (χ4v) is 3.27. The van der Waals surface area contributed by atoms with Crippen molar-refractivity contribution in [2.45, 2.75) is 30.3 Å². The Labute approximate surface area is 113 Å². The SMILES string of the molecule is CNc1ncccc1S(=O)(=O)NCC1CCCCO1. The zero-order valence-corrected chi connectivity index (χ0v) is 11.7. The van der Waals surface area contributed by atoms with Gasteiger partial charge in [0.15, 0.2) is 0 Å². The van der Waals surface area contributed by atoms with Crippen LogP contribution in [0.2, 0.25) is 0 Å². The molecule has 1 saturated heterocycles. The standard InChI is InChI=1S/C12H19N3O3S/c1-13-12-11(6-4-7-14-12)19(16,17)15-9-10-5-2-3-8-18-10/h4,6-7,10,15H,2-3,5,8-9H2,1H3,(H,13,14). The van der Waals surface area contributed by atoms with Crippen molar-refractivity contribution in [3.63, 3.8) is 0 Å². The molecular weight excluding hydrogens is 266 g/mol. The average molecular weight is 285 g/mol. The molecule has 7 heteroatoms. The van der Waals surface area contributed by atoms with Crippen LogP contribution in [0.4, 0.5) is 5.82 Å². The van der Waals surface area contributed by atoms with E-state index >= 15 is 0 Å². The van der Waals surface area contributed by atoms with Crippen molar-refractivity contribution in [2.75, 3.05) is 25.5 Å². The molecule has 2 rings (SSSR count). The van der Waals surface area contributed by atoms with Gasteiger partial charge in [-0.25, -0.2) is 18.1 Å². The first-order chi connectivity index (χ1) is 9.13. The lowest BCUT2D eigenvalue weighted by Crippen LogP contribution is -2.35. The molecular formula is C12H19N3O3S. The van der Waals surface area contributed by atoms with E-state index in [1.165, 1.54) is 6.07 Å². The Morgan fingerprint density at radius 1 is 1.47 bits per heavy atom. The third-order valence-corrected chi connectivity index (χ3v) is 4.53. The predicted molar refractivity (Wildman–Crippen MR) is 72.6 cm³/mol. The molecule has 0 aromatic carbocycles. The number of aromatic nitrogens is 1. The highest BCUT2D eigenvalue weighted by molar-refractivity contribution is 7.89. The molecule has 0 radical (unpaired) electrons. The van der Waals surface area contributed by atoms with Crippen molar-refractivity contribution in [2.24, 2.45) is 0 Å². The van der Waals surface area contributed by atoms with Crippen LogP contribution in [0.5, 0.6) is 0 Å². The number of hydrogen-bond donors (Lipinski definition) is 2. The number of nitrogens with zero attached hydrogens (tertiary/aromatic N) is 1. The van der Waals surface area contributed by atoms with E-state index in [1.807, 2.05) is 0 Å². The molecule has 19 heavy (non-hydrogen) atoms. The van der Waals surface area contributed by atoms with Gasteiger partial charge in [-0.15, -0.1) is 0 Å². The Kier molecular flexibility index (Phi) is 4.73. The molecule has 2 N–H and O–H groups in total. The molecule has 1 aliphatic heterocycles. The van der Waals surface area contributed by atoms with Gasteiger partial charge in [0.2, 0.25) is 10.0 Å². The highest BCUT2D eigenvalue weighted by Gasteiger charge is 2.21. The summed E-state index contributed by atoms with van der Waals surface area (Å²) in [5.41, 5.74) is 0. The van der Waals surface area contributed by atoms with Crippen LogP contribution < -0.4 is 10.0 Å². The van der Waals surface area contributed by atoms with Gasteiger partial charge in [0, 0.05) is 26.4 Å². The van der Waals surface area contributed by atoms with Crippen LogP contribution in [0.1, 0.15) is 19.3 Å². The predicted octanol–water partition coefficient (Wildman–Crippen LogP) is 0.971. The first-order valence-electron chi connectivity index (χ1n) is 6.37. The van der Waals surface area contributed by atoms with Crippen molar-refractivity contribution in [1.82, 2.24) is 9.71 Å². The second-order valence-electron chi connectivity index (χ2n) is 4.44. The van der Waals surface area contributed by atoms with E-state index in [4.69, 9.17) is 4.74 Å². The Bertz CT molecular complexity index is 513. The maximum Gasteiger partial charge on any atom is 0.244 e. The van der Waals surface area contributed by atoms with Gasteiger partial charge in [0.1, 0.15) is 10.7 Å². The molecule has 2 heterocycles. The van der Waals surface area contributed by atoms with Gasteiger partial charge in [-0.3, -0.25) is 0 Å². The minimum Gasteiger partial charge on any atom is -0.377 e. The second-order valence-corrected chi connectivity index (χ2v) is 6.18. The number of pyridine rings is 1. The van der Waals surface area contributed by atoms with E-state index in [9.17, 15) is 8.42 Å². The van der Waals surface area contributed by atoms with E-state index in [1.54, 1.807) is 19.3 Å². The van der Waals surface area contributed by atoms with Crippen LogP contribution in [0, 0.1) is 0 Å². The van der Waals surface area contributed by atoms with Crippen LogP contribution in [-0.2, 0) is 14.8 Å². The highest BCUT2D eigenvalue weighted by atomic mass is 32.2. The van der Waals surface area contributed by atoms with Gasteiger partial charge >= 0.3 is 0 Å². The summed E-state index contributed by atoms with van der Waals surface area (Å²) in [6, 6.07) is 3.13. The fraction of sp³-hybridized carbons (Fsp3) is 0.583. The molecule has 6 nitrogen and oxygen atoms in total. The number of ether oxygens (including phenoxy) is 1. The van der Waals surface area contributed by atoms with E-state index in [0.717, 1.165) is 19.3 Å². The van der Waals surface area contributed by atoms with E-state index in [0.29, 0.717) is 19.0 Å². The lowest BCUT2D eigenvalue weighted by atomic mass is 10.1. The molecule has 1 aliphatic rings. The van der Waals surface area contributed by atoms with Crippen molar-refractivity contribution in [3.05, 3.63) is 18.3 Å². The van der Waals surface area contributed by atoms with Crippen molar-refractivity contribution in [1.29, 1.82) is 0 Å². The van der Waals surface area contributed by atoms with E-state index in [2.05, 4.69) is 15.0 Å². The topological polar surface area (TPSA) is 80.3 Å². The van der Waals surface area contributed by atoms with Gasteiger partial charge in [0.25, 0.3) is 0 Å². The van der Waals surface area contributed by atoms with Gasteiger partial charge in [0.05, 0.1) is 6.10 Å². The summed E-state index contributed by atoms with van der Waals surface area (Å²) in [5.74, 6) is 0.347. The van der Waals surface area contributed by atoms with Crippen molar-refractivity contribution in [3.8, 4) is 0 Å². The molecule has 0 amide bonds. The minimum atomic E-state index is -3.56. The maximum atomic E-state index is 12.2. The third kappa shape index (κ3) is 3.65. The third-order valence-electron chi connectivity index (χ3n) is 3.07. The van der Waals surface area contributed by atoms with Crippen LogP contribution in [-0.4, -0.2) is 39.7 Å². The first kappa shape index (κ1) is 14.2. The molecule has 1 atom stereocenters. The Morgan fingerprint density at radius 2 is 2.32 bits per heavy atom. The summed E-state index contributed by atoms with van der Waals surface area (Å²) in [6.45, 7) is 1.02. The lowest BCUT2D eigenvalue weighted by Gasteiger charge is -2.22. The van der Waals surface area contributed by atoms with Crippen LogP contribution in [0.3, 0.4) is 0 Å². The fourth-order valence-electron chi connectivity index (χ4n) is 2.04. The van der Waals surface area contributed by atoms with Crippen LogP contribution in [0.15, 0.2) is 23.2 Å². The zero-order valence-electron chi connectivity index (χ0n) is 10.9. The Morgan fingerprint density at radius 3 is 3.00 bits per heavy atom. The molecule has 0 bridgehead atoms. The van der Waals surface area contributed by atoms with Crippen LogP contribution >= 0.6 is 0 Å². The molecule has 1 fully saturated rings. The monoisotopic (exact) mass is 285 g/mol. The summed E-state index contributed by atoms with van der Waals surface area (Å²) in [4.78, 5) is 4.16. The number of hydrogen-bond acceptors (Lipinski definition) is 5. The summed E-state index contributed by atoms with van der Waals surface area (Å²) in [5, 5.41) is 2.78. The minimum absolute atomic E-state index is 0.0294. The van der Waals surface area contributed by atoms with Crippen molar-refractivity contribution >= 4 is 15.8 Å². The van der Waals surface area contributed by atoms with E-state index in [-0.39, 0.29) is 11.0 Å². The summed E-state index contributed by atoms with van der Waals surface area (Å²) in [6.07, 6.45) is 4.55. The quantitative estimate of drug-likeness (QED) is 0.842. The molecule has 1 aromatic rings. The number of nitrogens with one attached hydrogen (secondary N) is 2. The number of rotatable bonds is 5. The van der Waals surface area contributed by atoms with E-state index < -0.39 is 10.0 Å². The second kappa shape index (κ2) is 6.31. The van der Waals surface area contributed by atoms with Gasteiger partial charge in [-0.1, -0.05) is 0 Å². The van der Waals surface area contributed by atoms with Gasteiger partial charge in [-0.2, -0.15) is 0 Å². The maximum absolute atomic E-state index is 12.2. The Balaban J connectivity index is 2.05. The normalized spacial score (nSPS) is 20.2. The summed E-state index contributed by atoms with van der Waals surface area (Å²) in [7, 11) is -1.91. The Hall–Kier alpha value is -1.18. The molecule has 0 aliphatic carbocycles. The zero-order chi connectivity index (χ0) is 13.7. The van der Waals surface area contributed by atoms with Crippen LogP contribution in [0.25, 0.3) is 0 Å². The molecule has 0 spiro atoms. The first-order valence-corrected chi connectivity index (χ1v) is 7.86. The number of sulfonamides is 1. The lowest BCUT2D eigenvalue weighted by molar-refractivity contribution is 0.0200.